The molecule has 0 aliphatic carbocycles. The largest absolute Gasteiger partial charge is 0.350 e. The van der Waals surface area contributed by atoms with Gasteiger partial charge in [-0.25, -0.2) is 0 Å². The van der Waals surface area contributed by atoms with Crippen LogP contribution in [0.2, 0.25) is 10.0 Å². The van der Waals surface area contributed by atoms with Gasteiger partial charge < -0.3 is 10.6 Å². The Morgan fingerprint density at radius 3 is 2.85 bits per heavy atom. The Morgan fingerprint density at radius 1 is 1.30 bits per heavy atom. The number of hydrogen-bond acceptors (Lipinski definition) is 5. The number of nitrogens with zero attached hydrogens (tertiary/aromatic N) is 3. The van der Waals surface area contributed by atoms with Crippen LogP contribution in [0, 0.1) is 0 Å². The topological polar surface area (TPSA) is 62.7 Å². The van der Waals surface area contributed by atoms with Crippen molar-refractivity contribution in [1.29, 1.82) is 0 Å². The molecule has 0 fully saturated rings. The van der Waals surface area contributed by atoms with Gasteiger partial charge in [0.05, 0.1) is 16.9 Å². The van der Waals surface area contributed by atoms with E-state index in [-0.39, 0.29) is 6.04 Å². The summed E-state index contributed by atoms with van der Waals surface area (Å²) in [7, 11) is 0. The second-order valence-corrected chi connectivity index (χ2v) is 5.21. The van der Waals surface area contributed by atoms with Crippen molar-refractivity contribution < 1.29 is 0 Å². The van der Waals surface area contributed by atoms with Crippen LogP contribution in [-0.2, 0) is 0 Å². The van der Waals surface area contributed by atoms with Crippen molar-refractivity contribution in [2.75, 3.05) is 10.6 Å². The fraction of sp³-hybridized carbons (Fsp3) is 0.308. The van der Waals surface area contributed by atoms with Gasteiger partial charge in [-0.3, -0.25) is 0 Å². The quantitative estimate of drug-likeness (QED) is 0.869. The summed E-state index contributed by atoms with van der Waals surface area (Å²) in [5, 5.41) is 15.2. The zero-order chi connectivity index (χ0) is 14.5. The fourth-order valence-corrected chi connectivity index (χ4v) is 1.82. The van der Waals surface area contributed by atoms with Crippen LogP contribution >= 0.6 is 23.2 Å². The molecule has 7 heteroatoms. The van der Waals surface area contributed by atoms with E-state index in [1.807, 2.05) is 0 Å². The van der Waals surface area contributed by atoms with Crippen LogP contribution in [0.25, 0.3) is 0 Å². The lowest BCUT2D eigenvalue weighted by atomic mass is 10.3. The molecule has 1 aromatic carbocycles. The van der Waals surface area contributed by atoms with E-state index in [1.165, 1.54) is 6.20 Å². The molecule has 0 spiro atoms. The normalized spacial score (nSPS) is 12.0. The summed E-state index contributed by atoms with van der Waals surface area (Å²) < 4.78 is 0. The molecule has 2 rings (SSSR count). The minimum absolute atomic E-state index is 0.279. The van der Waals surface area contributed by atoms with E-state index in [0.29, 0.717) is 27.5 Å². The van der Waals surface area contributed by atoms with Crippen LogP contribution in [0.15, 0.2) is 24.4 Å². The summed E-state index contributed by atoms with van der Waals surface area (Å²) >= 11 is 12.0. The molecule has 1 heterocycles. The van der Waals surface area contributed by atoms with Gasteiger partial charge in [0.1, 0.15) is 0 Å². The minimum atomic E-state index is 0.279. The lowest BCUT2D eigenvalue weighted by Gasteiger charge is -2.12. The van der Waals surface area contributed by atoms with Gasteiger partial charge in [-0.2, -0.15) is 10.1 Å². The molecular weight excluding hydrogens is 297 g/mol. The Labute approximate surface area is 127 Å². The van der Waals surface area contributed by atoms with E-state index in [2.05, 4.69) is 39.7 Å². The number of aromatic nitrogens is 3. The van der Waals surface area contributed by atoms with Gasteiger partial charge in [-0.1, -0.05) is 30.1 Å². The van der Waals surface area contributed by atoms with E-state index in [0.717, 1.165) is 6.42 Å². The maximum atomic E-state index is 6.09. The Kier molecular flexibility index (Phi) is 4.98. The smallest absolute Gasteiger partial charge is 0.244 e. The van der Waals surface area contributed by atoms with Gasteiger partial charge in [0, 0.05) is 11.1 Å². The third kappa shape index (κ3) is 3.95. The van der Waals surface area contributed by atoms with Crippen molar-refractivity contribution >= 4 is 40.7 Å². The first-order valence-electron chi connectivity index (χ1n) is 6.27. The molecule has 1 atom stereocenters. The fourth-order valence-electron chi connectivity index (χ4n) is 1.48. The highest BCUT2D eigenvalue weighted by Crippen LogP contribution is 2.27. The third-order valence-electron chi connectivity index (χ3n) is 2.74. The zero-order valence-electron chi connectivity index (χ0n) is 11.2. The molecule has 0 bridgehead atoms. The molecule has 2 N–H and O–H groups in total. The van der Waals surface area contributed by atoms with Crippen LogP contribution in [-0.4, -0.2) is 21.2 Å². The van der Waals surface area contributed by atoms with Gasteiger partial charge in [0.15, 0.2) is 5.82 Å². The molecule has 0 aliphatic heterocycles. The molecule has 5 nitrogen and oxygen atoms in total. The standard InChI is InChI=1S/C13H15Cl2N5/c1-3-8(2)17-13-19-12(7-16-20-13)18-11-6-9(14)4-5-10(11)15/h4-8H,3H2,1-2H3,(H2,17,18,19,20). The van der Waals surface area contributed by atoms with Gasteiger partial charge in [-0.15, -0.1) is 5.10 Å². The van der Waals surface area contributed by atoms with Crippen LogP contribution in [0.5, 0.6) is 0 Å². The van der Waals surface area contributed by atoms with Crippen LogP contribution < -0.4 is 10.6 Å². The van der Waals surface area contributed by atoms with Crippen LogP contribution in [0.3, 0.4) is 0 Å². The van der Waals surface area contributed by atoms with Crippen LogP contribution in [0.1, 0.15) is 20.3 Å². The van der Waals surface area contributed by atoms with Crippen molar-refractivity contribution in [3.63, 3.8) is 0 Å². The first-order chi connectivity index (χ1) is 9.58. The molecule has 2 aromatic rings. The summed E-state index contributed by atoms with van der Waals surface area (Å²) in [5.41, 5.74) is 0.675. The average molecular weight is 312 g/mol. The van der Waals surface area contributed by atoms with Gasteiger partial charge in [-0.05, 0) is 31.5 Å². The number of hydrogen-bond donors (Lipinski definition) is 2. The number of benzene rings is 1. The van der Waals surface area contributed by atoms with E-state index in [1.54, 1.807) is 18.2 Å². The van der Waals surface area contributed by atoms with Gasteiger partial charge in [0.2, 0.25) is 5.95 Å². The number of halogens is 2. The summed E-state index contributed by atoms with van der Waals surface area (Å²) in [6, 6.07) is 5.46. The third-order valence-corrected chi connectivity index (χ3v) is 3.30. The van der Waals surface area contributed by atoms with E-state index in [4.69, 9.17) is 23.2 Å². The Balaban J connectivity index is 2.17. The lowest BCUT2D eigenvalue weighted by Crippen LogP contribution is -2.16. The zero-order valence-corrected chi connectivity index (χ0v) is 12.7. The summed E-state index contributed by atoms with van der Waals surface area (Å²) in [4.78, 5) is 4.33. The monoisotopic (exact) mass is 311 g/mol. The maximum absolute atomic E-state index is 6.09. The van der Waals surface area contributed by atoms with E-state index in [9.17, 15) is 0 Å². The highest BCUT2D eigenvalue weighted by Gasteiger charge is 2.06. The number of nitrogens with one attached hydrogen (secondary N) is 2. The van der Waals surface area contributed by atoms with Crippen molar-refractivity contribution in [2.45, 2.75) is 26.3 Å². The Bertz CT molecular complexity index is 591. The SMILES string of the molecule is CCC(C)Nc1nncc(Nc2cc(Cl)ccc2Cl)n1. The first kappa shape index (κ1) is 14.8. The molecule has 1 aromatic heterocycles. The summed E-state index contributed by atoms with van der Waals surface area (Å²) in [6.45, 7) is 4.14. The molecule has 1 unspecified atom stereocenters. The molecule has 0 radical (unpaired) electrons. The van der Waals surface area contributed by atoms with Crippen molar-refractivity contribution in [2.24, 2.45) is 0 Å². The molecule has 0 aliphatic rings. The van der Waals surface area contributed by atoms with Crippen LogP contribution in [0.4, 0.5) is 17.5 Å². The maximum Gasteiger partial charge on any atom is 0.244 e. The predicted molar refractivity (Wildman–Crippen MR) is 82.9 cm³/mol. The molecule has 0 amide bonds. The van der Waals surface area contributed by atoms with E-state index >= 15 is 0 Å². The highest BCUT2D eigenvalue weighted by atomic mass is 35.5. The molecule has 0 saturated heterocycles. The second kappa shape index (κ2) is 6.72. The number of rotatable bonds is 5. The Hall–Kier alpha value is -1.59. The summed E-state index contributed by atoms with van der Waals surface area (Å²) in [5.74, 6) is 1.03. The molecule has 20 heavy (non-hydrogen) atoms. The molecule has 0 saturated carbocycles. The van der Waals surface area contributed by atoms with Crippen molar-refractivity contribution in [3.8, 4) is 0 Å². The van der Waals surface area contributed by atoms with E-state index < -0.39 is 0 Å². The Morgan fingerprint density at radius 2 is 2.10 bits per heavy atom. The summed E-state index contributed by atoms with van der Waals surface area (Å²) in [6.07, 6.45) is 2.50. The number of anilines is 3. The second-order valence-electron chi connectivity index (χ2n) is 4.37. The predicted octanol–water partition coefficient (Wildman–Crippen LogP) is 4.13. The first-order valence-corrected chi connectivity index (χ1v) is 7.02. The van der Waals surface area contributed by atoms with Gasteiger partial charge >= 0.3 is 0 Å². The molecular formula is C13H15Cl2N5. The lowest BCUT2D eigenvalue weighted by molar-refractivity contribution is 0.746. The average Bonchev–Trinajstić information content (AvgIpc) is 2.43. The highest BCUT2D eigenvalue weighted by molar-refractivity contribution is 6.35. The minimum Gasteiger partial charge on any atom is -0.350 e. The van der Waals surface area contributed by atoms with Crippen molar-refractivity contribution in [3.05, 3.63) is 34.4 Å². The van der Waals surface area contributed by atoms with Gasteiger partial charge in [0.25, 0.3) is 0 Å². The van der Waals surface area contributed by atoms with Crippen molar-refractivity contribution in [1.82, 2.24) is 15.2 Å². The molecule has 106 valence electrons.